The van der Waals surface area contributed by atoms with Crippen LogP contribution in [0.3, 0.4) is 0 Å². The van der Waals surface area contributed by atoms with E-state index in [0.29, 0.717) is 5.54 Å². The van der Waals surface area contributed by atoms with E-state index in [1.807, 2.05) is 0 Å². The molecule has 0 aliphatic carbocycles. The number of hydrogen-bond acceptors (Lipinski definition) is 3. The van der Waals surface area contributed by atoms with E-state index in [-0.39, 0.29) is 0 Å². The summed E-state index contributed by atoms with van der Waals surface area (Å²) >= 11 is 0. The fourth-order valence-electron chi connectivity index (χ4n) is 2.90. The summed E-state index contributed by atoms with van der Waals surface area (Å²) in [5, 5.41) is 0. The van der Waals surface area contributed by atoms with Crippen molar-refractivity contribution in [3.63, 3.8) is 0 Å². The van der Waals surface area contributed by atoms with Crippen molar-refractivity contribution in [3.05, 3.63) is 0 Å². The number of nitrogens with zero attached hydrogens (tertiary/aromatic N) is 2. The minimum absolute atomic E-state index is 0.386. The summed E-state index contributed by atoms with van der Waals surface area (Å²) in [5.41, 5.74) is 0.386. The Labute approximate surface area is 99.7 Å². The fraction of sp³-hybridized carbons (Fsp3) is 1.00. The lowest BCUT2D eigenvalue weighted by molar-refractivity contribution is -0.0845. The highest BCUT2D eigenvalue weighted by Gasteiger charge is 2.33. The van der Waals surface area contributed by atoms with Gasteiger partial charge in [-0.05, 0) is 20.3 Å². The van der Waals surface area contributed by atoms with Gasteiger partial charge in [0, 0.05) is 31.7 Å². The molecule has 2 heterocycles. The van der Waals surface area contributed by atoms with Crippen molar-refractivity contribution in [2.45, 2.75) is 45.2 Å². The second-order valence-electron chi connectivity index (χ2n) is 5.78. The molecule has 2 saturated heterocycles. The van der Waals surface area contributed by atoms with Crippen LogP contribution in [0.5, 0.6) is 0 Å². The Balaban J connectivity index is 1.79. The van der Waals surface area contributed by atoms with Gasteiger partial charge >= 0.3 is 0 Å². The molecule has 2 rings (SSSR count). The molecule has 3 nitrogen and oxygen atoms in total. The van der Waals surface area contributed by atoms with Crippen molar-refractivity contribution in [1.82, 2.24) is 9.80 Å². The lowest BCUT2D eigenvalue weighted by Crippen LogP contribution is -2.60. The summed E-state index contributed by atoms with van der Waals surface area (Å²) in [7, 11) is 0. The van der Waals surface area contributed by atoms with Crippen molar-refractivity contribution in [2.75, 3.05) is 39.4 Å². The highest BCUT2D eigenvalue weighted by atomic mass is 16.5. The molecule has 0 amide bonds. The van der Waals surface area contributed by atoms with Gasteiger partial charge in [-0.1, -0.05) is 13.3 Å². The molecule has 2 fully saturated rings. The Kier molecular flexibility index (Phi) is 3.88. The Morgan fingerprint density at radius 1 is 1.12 bits per heavy atom. The Morgan fingerprint density at radius 3 is 2.19 bits per heavy atom. The van der Waals surface area contributed by atoms with E-state index in [0.717, 1.165) is 19.3 Å². The molecule has 0 saturated carbocycles. The zero-order chi connectivity index (χ0) is 11.6. The van der Waals surface area contributed by atoms with Crippen molar-refractivity contribution >= 4 is 0 Å². The number of rotatable bonds is 4. The minimum atomic E-state index is 0.386. The molecule has 3 heteroatoms. The van der Waals surface area contributed by atoms with Crippen molar-refractivity contribution in [3.8, 4) is 0 Å². The third-order valence-electron chi connectivity index (χ3n) is 4.17. The molecule has 94 valence electrons. The highest BCUT2D eigenvalue weighted by molar-refractivity contribution is 4.88. The van der Waals surface area contributed by atoms with Crippen LogP contribution < -0.4 is 0 Å². The second-order valence-corrected chi connectivity index (χ2v) is 5.78. The Bertz CT molecular complexity index is 218. The molecule has 0 unspecified atom stereocenters. The van der Waals surface area contributed by atoms with E-state index >= 15 is 0 Å². The normalized spacial score (nSPS) is 25.7. The summed E-state index contributed by atoms with van der Waals surface area (Å²) in [5.74, 6) is 0. The first-order valence-electron chi connectivity index (χ1n) is 6.70. The van der Waals surface area contributed by atoms with Crippen LogP contribution in [0.2, 0.25) is 0 Å². The summed E-state index contributed by atoms with van der Waals surface area (Å²) in [6, 6.07) is 0.719. The molecule has 0 bridgehead atoms. The number of hydrogen-bond donors (Lipinski definition) is 0. The molecule has 0 radical (unpaired) electrons. The smallest absolute Gasteiger partial charge is 0.0645 e. The molecule has 2 aliphatic rings. The van der Waals surface area contributed by atoms with Crippen LogP contribution in [0.4, 0.5) is 0 Å². The summed E-state index contributed by atoms with van der Waals surface area (Å²) in [4.78, 5) is 5.26. The van der Waals surface area contributed by atoms with E-state index < -0.39 is 0 Å². The monoisotopic (exact) mass is 226 g/mol. The zero-order valence-electron chi connectivity index (χ0n) is 11.0. The standard InChI is InChI=1S/C13H26N2O/c1-4-5-13(2,3)15-8-6-14(7-9-15)12-10-16-11-12/h12H,4-11H2,1-3H3. The minimum Gasteiger partial charge on any atom is -0.378 e. The first-order valence-corrected chi connectivity index (χ1v) is 6.70. The molecule has 0 spiro atoms. The largest absolute Gasteiger partial charge is 0.378 e. The van der Waals surface area contributed by atoms with Crippen LogP contribution in [-0.4, -0.2) is 60.8 Å². The predicted octanol–water partition coefficient (Wildman–Crippen LogP) is 1.58. The Hall–Kier alpha value is -0.120. The van der Waals surface area contributed by atoms with Gasteiger partial charge in [0.15, 0.2) is 0 Å². The molecule has 0 aromatic heterocycles. The van der Waals surface area contributed by atoms with Crippen LogP contribution in [0.25, 0.3) is 0 Å². The van der Waals surface area contributed by atoms with Crippen LogP contribution in [0, 0.1) is 0 Å². The average molecular weight is 226 g/mol. The van der Waals surface area contributed by atoms with E-state index in [9.17, 15) is 0 Å². The van der Waals surface area contributed by atoms with E-state index in [4.69, 9.17) is 4.74 Å². The Morgan fingerprint density at radius 2 is 1.75 bits per heavy atom. The number of piperazine rings is 1. The van der Waals surface area contributed by atoms with Gasteiger partial charge in [0.2, 0.25) is 0 Å². The van der Waals surface area contributed by atoms with Gasteiger partial charge in [-0.2, -0.15) is 0 Å². The first-order chi connectivity index (χ1) is 7.63. The molecular weight excluding hydrogens is 200 g/mol. The van der Waals surface area contributed by atoms with Crippen LogP contribution in [0.1, 0.15) is 33.6 Å². The summed E-state index contributed by atoms with van der Waals surface area (Å²) in [6.07, 6.45) is 2.59. The highest BCUT2D eigenvalue weighted by Crippen LogP contribution is 2.23. The fourth-order valence-corrected chi connectivity index (χ4v) is 2.90. The molecule has 16 heavy (non-hydrogen) atoms. The lowest BCUT2D eigenvalue weighted by atomic mass is 9.95. The maximum atomic E-state index is 5.27. The molecule has 0 aromatic rings. The van der Waals surface area contributed by atoms with E-state index in [1.54, 1.807) is 0 Å². The molecule has 0 N–H and O–H groups in total. The topological polar surface area (TPSA) is 15.7 Å². The maximum absolute atomic E-state index is 5.27. The van der Waals surface area contributed by atoms with Crippen molar-refractivity contribution < 1.29 is 4.74 Å². The van der Waals surface area contributed by atoms with Crippen molar-refractivity contribution in [1.29, 1.82) is 0 Å². The van der Waals surface area contributed by atoms with E-state index in [1.165, 1.54) is 39.0 Å². The van der Waals surface area contributed by atoms with E-state index in [2.05, 4.69) is 30.6 Å². The van der Waals surface area contributed by atoms with Gasteiger partial charge in [0.1, 0.15) is 0 Å². The molecule has 2 aliphatic heterocycles. The third-order valence-corrected chi connectivity index (χ3v) is 4.17. The summed E-state index contributed by atoms with van der Waals surface area (Å²) in [6.45, 7) is 13.9. The maximum Gasteiger partial charge on any atom is 0.0645 e. The van der Waals surface area contributed by atoms with Gasteiger partial charge in [-0.15, -0.1) is 0 Å². The third kappa shape index (κ3) is 2.58. The molecule has 0 atom stereocenters. The van der Waals surface area contributed by atoms with Gasteiger partial charge in [0.25, 0.3) is 0 Å². The van der Waals surface area contributed by atoms with Gasteiger partial charge < -0.3 is 4.74 Å². The SMILES string of the molecule is CCCC(C)(C)N1CCN(C2COC2)CC1. The summed E-state index contributed by atoms with van der Waals surface area (Å²) < 4.78 is 5.27. The van der Waals surface area contributed by atoms with Crippen LogP contribution >= 0.6 is 0 Å². The first kappa shape index (κ1) is 12.3. The molecular formula is C13H26N2O. The van der Waals surface area contributed by atoms with Crippen LogP contribution in [-0.2, 0) is 4.74 Å². The van der Waals surface area contributed by atoms with Crippen LogP contribution in [0.15, 0.2) is 0 Å². The number of ether oxygens (including phenoxy) is 1. The average Bonchev–Trinajstić information content (AvgIpc) is 2.16. The predicted molar refractivity (Wildman–Crippen MR) is 66.7 cm³/mol. The van der Waals surface area contributed by atoms with Gasteiger partial charge in [-0.3, -0.25) is 9.80 Å². The van der Waals surface area contributed by atoms with Gasteiger partial charge in [0.05, 0.1) is 19.3 Å². The quantitative estimate of drug-likeness (QED) is 0.724. The zero-order valence-corrected chi connectivity index (χ0v) is 11.0. The molecule has 0 aromatic carbocycles. The van der Waals surface area contributed by atoms with Crippen molar-refractivity contribution in [2.24, 2.45) is 0 Å². The second kappa shape index (κ2) is 5.03. The van der Waals surface area contributed by atoms with Gasteiger partial charge in [-0.25, -0.2) is 0 Å². The lowest BCUT2D eigenvalue weighted by Gasteiger charge is -2.47.